The third kappa shape index (κ3) is 3.84. The number of alkyl halides is 3. The molecule has 0 spiro atoms. The zero-order valence-corrected chi connectivity index (χ0v) is 13.4. The number of halogens is 4. The highest BCUT2D eigenvalue weighted by atomic mass is 35.5. The summed E-state index contributed by atoms with van der Waals surface area (Å²) in [6, 6.07) is 1.76. The van der Waals surface area contributed by atoms with Gasteiger partial charge < -0.3 is 5.32 Å². The van der Waals surface area contributed by atoms with E-state index in [4.69, 9.17) is 16.9 Å². The molecule has 1 rings (SSSR count). The Morgan fingerprint density at radius 2 is 2.00 bits per heavy atom. The Labute approximate surface area is 131 Å². The maximum atomic E-state index is 12.8. The van der Waals surface area contributed by atoms with Gasteiger partial charge in [0.1, 0.15) is 0 Å². The number of sulfone groups is 1. The Kier molecular flexibility index (Phi) is 5.70. The lowest BCUT2D eigenvalue weighted by atomic mass is 10.2. The molecular weight excluding hydrogens is 341 g/mol. The molecule has 0 saturated heterocycles. The fourth-order valence-electron chi connectivity index (χ4n) is 1.96. The van der Waals surface area contributed by atoms with E-state index in [2.05, 4.69) is 5.32 Å². The Balaban J connectivity index is 3.33. The van der Waals surface area contributed by atoms with Crippen molar-refractivity contribution >= 4 is 21.4 Å². The molecule has 9 heteroatoms. The predicted molar refractivity (Wildman–Crippen MR) is 75.9 cm³/mol. The van der Waals surface area contributed by atoms with Crippen molar-refractivity contribution in [2.75, 3.05) is 0 Å². The number of hydrogen-bond acceptors (Lipinski definition) is 4. The van der Waals surface area contributed by atoms with Gasteiger partial charge in [-0.15, -0.1) is 0 Å². The van der Waals surface area contributed by atoms with Crippen molar-refractivity contribution in [1.82, 2.24) is 5.32 Å². The molecule has 0 aromatic heterocycles. The van der Waals surface area contributed by atoms with Crippen molar-refractivity contribution in [3.05, 3.63) is 28.8 Å². The van der Waals surface area contributed by atoms with Gasteiger partial charge in [0.2, 0.25) is 0 Å². The number of nitrogens with one attached hydrogen (secondary N) is 1. The average molecular weight is 355 g/mol. The maximum absolute atomic E-state index is 12.8. The molecule has 0 bridgehead atoms. The average Bonchev–Trinajstić information content (AvgIpc) is 2.42. The van der Waals surface area contributed by atoms with E-state index in [0.717, 1.165) is 12.1 Å². The van der Waals surface area contributed by atoms with Gasteiger partial charge in [-0.2, -0.15) is 18.4 Å². The van der Waals surface area contributed by atoms with Crippen molar-refractivity contribution < 1.29 is 21.6 Å². The highest BCUT2D eigenvalue weighted by Gasteiger charge is 2.36. The first-order valence-corrected chi connectivity index (χ1v) is 8.23. The predicted octanol–water partition coefficient (Wildman–Crippen LogP) is 3.37. The zero-order valence-electron chi connectivity index (χ0n) is 11.8. The molecule has 122 valence electrons. The summed E-state index contributed by atoms with van der Waals surface area (Å²) in [5, 5.41) is 9.32. The number of benzene rings is 1. The van der Waals surface area contributed by atoms with E-state index in [0.29, 0.717) is 12.5 Å². The standard InChI is InChI=1S/C13H14ClF3N2O2S/c1-3-12(19-7-18)8(2)22(20,21)9-4-5-11(14)10(6-9)13(15,16)17/h4-6,8,12,19H,3H2,1-2H3/t8?,12-/m1/s1. The van der Waals surface area contributed by atoms with E-state index < -0.39 is 42.8 Å². The fourth-order valence-corrected chi connectivity index (χ4v) is 3.85. The molecule has 1 aromatic carbocycles. The van der Waals surface area contributed by atoms with Crippen molar-refractivity contribution in [1.29, 1.82) is 5.26 Å². The summed E-state index contributed by atoms with van der Waals surface area (Å²) in [7, 11) is -4.04. The van der Waals surface area contributed by atoms with E-state index >= 15 is 0 Å². The van der Waals surface area contributed by atoms with E-state index in [1.807, 2.05) is 0 Å². The van der Waals surface area contributed by atoms with Gasteiger partial charge in [-0.3, -0.25) is 0 Å². The smallest absolute Gasteiger partial charge is 0.319 e. The Morgan fingerprint density at radius 3 is 2.45 bits per heavy atom. The second kappa shape index (κ2) is 6.75. The highest BCUT2D eigenvalue weighted by molar-refractivity contribution is 7.92. The van der Waals surface area contributed by atoms with Crippen LogP contribution in [0.4, 0.5) is 13.2 Å². The molecule has 22 heavy (non-hydrogen) atoms. The van der Waals surface area contributed by atoms with Crippen LogP contribution in [0.15, 0.2) is 23.1 Å². The van der Waals surface area contributed by atoms with Crippen molar-refractivity contribution in [3.8, 4) is 6.19 Å². The van der Waals surface area contributed by atoms with Crippen LogP contribution in [0.25, 0.3) is 0 Å². The van der Waals surface area contributed by atoms with Gasteiger partial charge in [0.15, 0.2) is 16.0 Å². The molecule has 0 heterocycles. The molecule has 4 nitrogen and oxygen atoms in total. The third-order valence-corrected chi connectivity index (χ3v) is 5.87. The van der Waals surface area contributed by atoms with Gasteiger partial charge in [-0.1, -0.05) is 18.5 Å². The summed E-state index contributed by atoms with van der Waals surface area (Å²) in [6.07, 6.45) is -2.77. The topological polar surface area (TPSA) is 70.0 Å². The van der Waals surface area contributed by atoms with Crippen LogP contribution >= 0.6 is 11.6 Å². The molecule has 0 fully saturated rings. The summed E-state index contributed by atoms with van der Waals surface area (Å²) >= 11 is 5.48. The summed E-state index contributed by atoms with van der Waals surface area (Å²) in [5.41, 5.74) is -1.20. The number of rotatable bonds is 5. The second-order valence-electron chi connectivity index (χ2n) is 4.66. The monoisotopic (exact) mass is 354 g/mol. The highest BCUT2D eigenvalue weighted by Crippen LogP contribution is 2.36. The molecule has 2 atom stereocenters. The summed E-state index contributed by atoms with van der Waals surface area (Å²) < 4.78 is 63.4. The quantitative estimate of drug-likeness (QED) is 0.650. The SMILES string of the molecule is CC[C@@H](NC#N)C(C)S(=O)(=O)c1ccc(Cl)c(C(F)(F)F)c1. The first-order chi connectivity index (χ1) is 10.1. The van der Waals surface area contributed by atoms with Crippen LogP contribution in [-0.4, -0.2) is 19.7 Å². The number of nitriles is 1. The van der Waals surface area contributed by atoms with E-state index in [1.54, 1.807) is 13.1 Å². The van der Waals surface area contributed by atoms with Crippen LogP contribution < -0.4 is 5.32 Å². The van der Waals surface area contributed by atoms with Gasteiger partial charge in [0, 0.05) is 0 Å². The van der Waals surface area contributed by atoms with Gasteiger partial charge in [-0.05, 0) is 31.5 Å². The minimum atomic E-state index is -4.75. The molecular formula is C13H14ClF3N2O2S. The molecule has 1 unspecified atom stereocenters. The first kappa shape index (κ1) is 18.6. The van der Waals surface area contributed by atoms with Crippen LogP contribution in [0, 0.1) is 11.5 Å². The van der Waals surface area contributed by atoms with Crippen LogP contribution in [0.5, 0.6) is 0 Å². The second-order valence-corrected chi connectivity index (χ2v) is 7.37. The maximum Gasteiger partial charge on any atom is 0.417 e. The summed E-state index contributed by atoms with van der Waals surface area (Å²) in [6.45, 7) is 3.01. The molecule has 0 radical (unpaired) electrons. The van der Waals surface area contributed by atoms with Gasteiger partial charge >= 0.3 is 6.18 Å². The van der Waals surface area contributed by atoms with Crippen LogP contribution in [-0.2, 0) is 16.0 Å². The normalized spacial score (nSPS) is 15.0. The zero-order chi connectivity index (χ0) is 17.1. The summed E-state index contributed by atoms with van der Waals surface area (Å²) in [5.74, 6) is 0. The Bertz CT molecular complexity index is 684. The molecule has 1 N–H and O–H groups in total. The minimum Gasteiger partial charge on any atom is -0.319 e. The van der Waals surface area contributed by atoms with E-state index in [1.165, 1.54) is 6.92 Å². The largest absolute Gasteiger partial charge is 0.417 e. The van der Waals surface area contributed by atoms with Gasteiger partial charge in [0.05, 0.1) is 26.8 Å². The van der Waals surface area contributed by atoms with E-state index in [9.17, 15) is 21.6 Å². The molecule has 0 aliphatic heterocycles. The Morgan fingerprint density at radius 1 is 1.41 bits per heavy atom. The van der Waals surface area contributed by atoms with Crippen LogP contribution in [0.2, 0.25) is 5.02 Å². The molecule has 0 amide bonds. The molecule has 0 aliphatic rings. The third-order valence-electron chi connectivity index (χ3n) is 3.32. The first-order valence-electron chi connectivity index (χ1n) is 6.31. The lowest BCUT2D eigenvalue weighted by Gasteiger charge is -2.22. The lowest BCUT2D eigenvalue weighted by Crippen LogP contribution is -2.40. The fraction of sp³-hybridized carbons (Fsp3) is 0.462. The summed E-state index contributed by atoms with van der Waals surface area (Å²) in [4.78, 5) is -0.477. The Hall–Kier alpha value is -1.46. The van der Waals surface area contributed by atoms with E-state index in [-0.39, 0.29) is 0 Å². The lowest BCUT2D eigenvalue weighted by molar-refractivity contribution is -0.137. The van der Waals surface area contributed by atoms with Gasteiger partial charge in [-0.25, -0.2) is 8.42 Å². The molecule has 0 aliphatic carbocycles. The molecule has 1 aromatic rings. The number of nitrogens with zero attached hydrogens (tertiary/aromatic N) is 1. The minimum absolute atomic E-state index is 0.327. The van der Waals surface area contributed by atoms with Crippen molar-refractivity contribution in [3.63, 3.8) is 0 Å². The number of hydrogen-bond donors (Lipinski definition) is 1. The van der Waals surface area contributed by atoms with Crippen LogP contribution in [0.1, 0.15) is 25.8 Å². The van der Waals surface area contributed by atoms with Crippen molar-refractivity contribution in [2.45, 2.75) is 42.6 Å². The van der Waals surface area contributed by atoms with Gasteiger partial charge in [0.25, 0.3) is 0 Å². The van der Waals surface area contributed by atoms with Crippen LogP contribution in [0.3, 0.4) is 0 Å². The molecule has 0 saturated carbocycles. The van der Waals surface area contributed by atoms with Crippen molar-refractivity contribution in [2.24, 2.45) is 0 Å².